The Morgan fingerprint density at radius 3 is 3.10 bits per heavy atom. The van der Waals surface area contributed by atoms with E-state index in [0.717, 1.165) is 12.5 Å². The maximum Gasteiger partial charge on any atom is 0.0611 e. The summed E-state index contributed by atoms with van der Waals surface area (Å²) in [5, 5.41) is 0. The second-order valence-corrected chi connectivity index (χ2v) is 4.32. The molecule has 0 radical (unpaired) electrons. The Morgan fingerprint density at radius 1 is 1.30 bits per heavy atom. The second-order valence-electron chi connectivity index (χ2n) is 3.18. The van der Waals surface area contributed by atoms with Gasteiger partial charge in [-0.15, -0.1) is 0 Å². The molecule has 2 heteroatoms. The fourth-order valence-corrected chi connectivity index (χ4v) is 2.75. The quantitative estimate of drug-likeness (QED) is 0.532. The topological polar surface area (TPSA) is 9.23 Å². The van der Waals surface area contributed by atoms with Gasteiger partial charge < -0.3 is 4.74 Å². The predicted molar refractivity (Wildman–Crippen MR) is 44.4 cm³/mol. The van der Waals surface area contributed by atoms with Crippen LogP contribution in [-0.2, 0) is 4.74 Å². The van der Waals surface area contributed by atoms with Crippen molar-refractivity contribution in [3.05, 3.63) is 0 Å². The molecule has 1 aliphatic carbocycles. The molecule has 1 aliphatic heterocycles. The molecule has 1 saturated heterocycles. The van der Waals surface area contributed by atoms with Gasteiger partial charge in [-0.05, 0) is 36.7 Å². The maximum atomic E-state index is 5.67. The van der Waals surface area contributed by atoms with Gasteiger partial charge in [0, 0.05) is 6.61 Å². The summed E-state index contributed by atoms with van der Waals surface area (Å²) in [6.07, 6.45) is 4.64. The highest BCUT2D eigenvalue weighted by Gasteiger charge is 2.31. The number of fused-ring (bicyclic) bond motifs is 1. The predicted octanol–water partition coefficient (Wildman–Crippen LogP) is 1.92. The molecule has 1 nitrogen and oxygen atoms in total. The molecule has 1 heterocycles. The van der Waals surface area contributed by atoms with E-state index in [0.29, 0.717) is 6.10 Å². The third kappa shape index (κ3) is 1.32. The van der Waals surface area contributed by atoms with E-state index in [2.05, 4.69) is 11.8 Å². The lowest BCUT2D eigenvalue weighted by atomic mass is 9.83. The van der Waals surface area contributed by atoms with Gasteiger partial charge in [-0.3, -0.25) is 0 Å². The maximum absolute atomic E-state index is 5.67. The zero-order chi connectivity index (χ0) is 6.81. The summed E-state index contributed by atoms with van der Waals surface area (Å²) < 4.78 is 5.67. The highest BCUT2D eigenvalue weighted by atomic mass is 32.2. The van der Waals surface area contributed by atoms with E-state index < -0.39 is 0 Å². The molecule has 1 saturated carbocycles. The first kappa shape index (κ1) is 6.99. The van der Waals surface area contributed by atoms with Gasteiger partial charge in [-0.2, -0.15) is 11.8 Å². The molecule has 2 atom stereocenters. The van der Waals surface area contributed by atoms with Gasteiger partial charge in [0.25, 0.3) is 0 Å². The lowest BCUT2D eigenvalue weighted by molar-refractivity contribution is -0.0382. The minimum atomic E-state index is 0.646. The number of rotatable bonds is 0. The van der Waals surface area contributed by atoms with E-state index in [1.165, 1.54) is 30.8 Å². The zero-order valence-electron chi connectivity index (χ0n) is 6.21. The molecule has 0 aromatic heterocycles. The molecular formula is C8H14OS. The molecular weight excluding hydrogens is 144 g/mol. The van der Waals surface area contributed by atoms with Crippen LogP contribution in [0.1, 0.15) is 19.3 Å². The third-order valence-electron chi connectivity index (χ3n) is 2.44. The first-order valence-electron chi connectivity index (χ1n) is 4.16. The second kappa shape index (κ2) is 3.14. The Kier molecular flexibility index (Phi) is 2.19. The molecule has 2 aliphatic rings. The normalized spacial score (nSPS) is 40.8. The van der Waals surface area contributed by atoms with E-state index in [9.17, 15) is 0 Å². The molecule has 0 N–H and O–H groups in total. The standard InChI is InChI=1S/C8H14OS/c1-4-9-8-3-2-7(8)6-10-5-1/h7-8H,1-6H2. The van der Waals surface area contributed by atoms with Crippen molar-refractivity contribution in [3.8, 4) is 0 Å². The lowest BCUT2D eigenvalue weighted by Crippen LogP contribution is -2.37. The smallest absolute Gasteiger partial charge is 0.0611 e. The third-order valence-corrected chi connectivity index (χ3v) is 3.69. The van der Waals surface area contributed by atoms with Gasteiger partial charge >= 0.3 is 0 Å². The average molecular weight is 158 g/mol. The zero-order valence-corrected chi connectivity index (χ0v) is 7.03. The Bertz CT molecular complexity index is 102. The molecule has 58 valence electrons. The molecule has 0 amide bonds. The summed E-state index contributed by atoms with van der Waals surface area (Å²) in [4.78, 5) is 0. The van der Waals surface area contributed by atoms with Crippen LogP contribution in [0.2, 0.25) is 0 Å². The van der Waals surface area contributed by atoms with Crippen molar-refractivity contribution in [2.24, 2.45) is 5.92 Å². The summed E-state index contributed by atoms with van der Waals surface area (Å²) in [7, 11) is 0. The van der Waals surface area contributed by atoms with Crippen molar-refractivity contribution < 1.29 is 4.74 Å². The van der Waals surface area contributed by atoms with Crippen molar-refractivity contribution >= 4 is 11.8 Å². The van der Waals surface area contributed by atoms with Gasteiger partial charge in [0.15, 0.2) is 0 Å². The Hall–Kier alpha value is 0.310. The molecule has 0 bridgehead atoms. The SMILES string of the molecule is C1COC2CCC2CSC1. The van der Waals surface area contributed by atoms with Gasteiger partial charge in [0.05, 0.1) is 6.10 Å². The van der Waals surface area contributed by atoms with Gasteiger partial charge in [0.1, 0.15) is 0 Å². The molecule has 2 rings (SSSR count). The van der Waals surface area contributed by atoms with Crippen molar-refractivity contribution in [3.63, 3.8) is 0 Å². The summed E-state index contributed by atoms with van der Waals surface area (Å²) in [5.41, 5.74) is 0. The Labute approximate surface area is 66.5 Å². The van der Waals surface area contributed by atoms with Crippen molar-refractivity contribution in [1.29, 1.82) is 0 Å². The summed E-state index contributed by atoms with van der Waals surface area (Å²) in [5.74, 6) is 3.57. The molecule has 2 fully saturated rings. The minimum Gasteiger partial charge on any atom is -0.378 e. The van der Waals surface area contributed by atoms with E-state index in [1.54, 1.807) is 0 Å². The summed E-state index contributed by atoms with van der Waals surface area (Å²) in [6.45, 7) is 1.01. The first-order valence-corrected chi connectivity index (χ1v) is 5.31. The van der Waals surface area contributed by atoms with E-state index in [-0.39, 0.29) is 0 Å². The van der Waals surface area contributed by atoms with Gasteiger partial charge in [-0.1, -0.05) is 0 Å². The van der Waals surface area contributed by atoms with Crippen LogP contribution in [0.3, 0.4) is 0 Å². The van der Waals surface area contributed by atoms with E-state index in [1.807, 2.05) is 0 Å². The molecule has 10 heavy (non-hydrogen) atoms. The van der Waals surface area contributed by atoms with Crippen molar-refractivity contribution in [2.45, 2.75) is 25.4 Å². The fraction of sp³-hybridized carbons (Fsp3) is 1.00. The Balaban J connectivity index is 1.83. The number of ether oxygens (including phenoxy) is 1. The molecule has 0 aromatic carbocycles. The van der Waals surface area contributed by atoms with Crippen LogP contribution in [-0.4, -0.2) is 24.2 Å². The highest BCUT2D eigenvalue weighted by molar-refractivity contribution is 7.99. The van der Waals surface area contributed by atoms with Crippen LogP contribution in [0, 0.1) is 5.92 Å². The van der Waals surface area contributed by atoms with Crippen LogP contribution in [0.25, 0.3) is 0 Å². The molecule has 2 unspecified atom stereocenters. The largest absolute Gasteiger partial charge is 0.378 e. The highest BCUT2D eigenvalue weighted by Crippen LogP contribution is 2.34. The van der Waals surface area contributed by atoms with Crippen LogP contribution in [0.15, 0.2) is 0 Å². The minimum absolute atomic E-state index is 0.646. The van der Waals surface area contributed by atoms with Crippen molar-refractivity contribution in [2.75, 3.05) is 18.1 Å². The number of thioether (sulfide) groups is 1. The van der Waals surface area contributed by atoms with Crippen LogP contribution in [0.5, 0.6) is 0 Å². The Morgan fingerprint density at radius 2 is 2.30 bits per heavy atom. The van der Waals surface area contributed by atoms with Crippen LogP contribution in [0.4, 0.5) is 0 Å². The van der Waals surface area contributed by atoms with E-state index >= 15 is 0 Å². The van der Waals surface area contributed by atoms with Crippen molar-refractivity contribution in [1.82, 2.24) is 0 Å². The molecule has 0 spiro atoms. The lowest BCUT2D eigenvalue weighted by Gasteiger charge is -2.37. The monoisotopic (exact) mass is 158 g/mol. The fourth-order valence-electron chi connectivity index (χ4n) is 1.58. The van der Waals surface area contributed by atoms with Gasteiger partial charge in [-0.25, -0.2) is 0 Å². The van der Waals surface area contributed by atoms with Gasteiger partial charge in [0.2, 0.25) is 0 Å². The first-order chi connectivity index (χ1) is 4.97. The summed E-state index contributed by atoms with van der Waals surface area (Å²) in [6, 6.07) is 0. The van der Waals surface area contributed by atoms with Crippen LogP contribution < -0.4 is 0 Å². The van der Waals surface area contributed by atoms with E-state index in [4.69, 9.17) is 4.74 Å². The number of hydrogen-bond donors (Lipinski definition) is 0. The molecule has 0 aromatic rings. The summed E-state index contributed by atoms with van der Waals surface area (Å²) >= 11 is 2.11. The van der Waals surface area contributed by atoms with Crippen LogP contribution >= 0.6 is 11.8 Å². The number of hydrogen-bond acceptors (Lipinski definition) is 2. The average Bonchev–Trinajstić information content (AvgIpc) is 1.89.